The number of rotatable bonds is 5. The van der Waals surface area contributed by atoms with Crippen LogP contribution in [0.2, 0.25) is 0 Å². The number of halogens is 1. The van der Waals surface area contributed by atoms with Gasteiger partial charge in [0.1, 0.15) is 5.82 Å². The Bertz CT molecular complexity index is 596. The molecule has 2 nitrogen and oxygen atoms in total. The van der Waals surface area contributed by atoms with Crippen LogP contribution >= 0.6 is 12.2 Å². The van der Waals surface area contributed by atoms with E-state index in [0.717, 1.165) is 5.56 Å². The summed E-state index contributed by atoms with van der Waals surface area (Å²) in [6.45, 7) is 4.91. The maximum absolute atomic E-state index is 13.1. The molecule has 0 radical (unpaired) electrons. The molecule has 2 aromatic rings. The van der Waals surface area contributed by atoms with Crippen LogP contribution in [0.4, 0.5) is 4.39 Å². The first-order valence-corrected chi connectivity index (χ1v) is 7.81. The highest BCUT2D eigenvalue weighted by Crippen LogP contribution is 2.21. The van der Waals surface area contributed by atoms with Crippen LogP contribution < -0.4 is 10.6 Å². The lowest BCUT2D eigenvalue weighted by molar-refractivity contribution is 0.468. The van der Waals surface area contributed by atoms with Crippen molar-refractivity contribution in [3.05, 3.63) is 71.5 Å². The van der Waals surface area contributed by atoms with Crippen LogP contribution in [0.25, 0.3) is 0 Å². The van der Waals surface area contributed by atoms with Crippen molar-refractivity contribution in [1.82, 2.24) is 10.6 Å². The highest BCUT2D eigenvalue weighted by atomic mass is 32.1. The number of thiocarbonyl (C=S) groups is 1. The quantitative estimate of drug-likeness (QED) is 0.809. The number of hydrogen-bond acceptors (Lipinski definition) is 1. The molecule has 0 aromatic heterocycles. The largest absolute Gasteiger partial charge is 0.359 e. The van der Waals surface area contributed by atoms with Gasteiger partial charge in [0, 0.05) is 6.54 Å². The molecule has 0 heterocycles. The van der Waals surface area contributed by atoms with E-state index in [-0.39, 0.29) is 11.9 Å². The Labute approximate surface area is 136 Å². The van der Waals surface area contributed by atoms with Gasteiger partial charge < -0.3 is 10.6 Å². The van der Waals surface area contributed by atoms with E-state index < -0.39 is 0 Å². The molecule has 0 saturated heterocycles. The SMILES string of the molecule is CC(C)[C@H](NC(=S)NCc1ccccc1)c1ccc(F)cc1. The van der Waals surface area contributed by atoms with Crippen molar-refractivity contribution in [3.63, 3.8) is 0 Å². The maximum atomic E-state index is 13.1. The first-order valence-electron chi connectivity index (χ1n) is 7.40. The minimum absolute atomic E-state index is 0.0522. The summed E-state index contributed by atoms with van der Waals surface area (Å²) in [5.41, 5.74) is 2.20. The van der Waals surface area contributed by atoms with E-state index in [1.807, 2.05) is 18.2 Å². The van der Waals surface area contributed by atoms with E-state index in [0.29, 0.717) is 17.6 Å². The Hall–Kier alpha value is -1.94. The fraction of sp³-hybridized carbons (Fsp3) is 0.278. The minimum atomic E-state index is -0.226. The monoisotopic (exact) mass is 316 g/mol. The van der Waals surface area contributed by atoms with Gasteiger partial charge in [-0.25, -0.2) is 4.39 Å². The van der Waals surface area contributed by atoms with Crippen molar-refractivity contribution in [2.75, 3.05) is 0 Å². The molecule has 0 saturated carbocycles. The standard InChI is InChI=1S/C18H21FN2S/c1-13(2)17(15-8-10-16(19)11-9-15)21-18(22)20-12-14-6-4-3-5-7-14/h3-11,13,17H,12H2,1-2H3,(H2,20,21,22)/t17-/m0/s1. The highest BCUT2D eigenvalue weighted by molar-refractivity contribution is 7.80. The molecule has 0 aliphatic carbocycles. The van der Waals surface area contributed by atoms with Crippen molar-refractivity contribution < 1.29 is 4.39 Å². The lowest BCUT2D eigenvalue weighted by atomic mass is 9.96. The zero-order valence-corrected chi connectivity index (χ0v) is 13.7. The molecule has 0 bridgehead atoms. The molecule has 0 spiro atoms. The Kier molecular flexibility index (Phi) is 5.90. The van der Waals surface area contributed by atoms with Gasteiger partial charge in [-0.3, -0.25) is 0 Å². The van der Waals surface area contributed by atoms with E-state index in [9.17, 15) is 4.39 Å². The van der Waals surface area contributed by atoms with E-state index in [1.165, 1.54) is 17.7 Å². The van der Waals surface area contributed by atoms with Crippen LogP contribution in [-0.2, 0) is 6.54 Å². The Balaban J connectivity index is 1.96. The Morgan fingerprint density at radius 3 is 2.27 bits per heavy atom. The van der Waals surface area contributed by atoms with Crippen LogP contribution in [0.1, 0.15) is 31.0 Å². The number of benzene rings is 2. The predicted molar refractivity (Wildman–Crippen MR) is 93.0 cm³/mol. The third-order valence-electron chi connectivity index (χ3n) is 3.48. The summed E-state index contributed by atoms with van der Waals surface area (Å²) in [5.74, 6) is 0.109. The molecule has 0 amide bonds. The first-order chi connectivity index (χ1) is 10.6. The van der Waals surface area contributed by atoms with Gasteiger partial charge in [-0.15, -0.1) is 0 Å². The van der Waals surface area contributed by atoms with Crippen LogP contribution in [-0.4, -0.2) is 5.11 Å². The van der Waals surface area contributed by atoms with Crippen molar-refractivity contribution >= 4 is 17.3 Å². The summed E-state index contributed by atoms with van der Waals surface area (Å²) in [6, 6.07) is 16.7. The van der Waals surface area contributed by atoms with Gasteiger partial charge in [0.15, 0.2) is 5.11 Å². The lowest BCUT2D eigenvalue weighted by Gasteiger charge is -2.24. The van der Waals surface area contributed by atoms with Gasteiger partial charge in [0.25, 0.3) is 0 Å². The molecule has 0 aliphatic heterocycles. The van der Waals surface area contributed by atoms with Crippen molar-refractivity contribution in [2.24, 2.45) is 5.92 Å². The molecular weight excluding hydrogens is 295 g/mol. The van der Waals surface area contributed by atoms with Gasteiger partial charge in [0.05, 0.1) is 6.04 Å². The fourth-order valence-electron chi connectivity index (χ4n) is 2.28. The first kappa shape index (κ1) is 16.4. The van der Waals surface area contributed by atoms with Gasteiger partial charge in [-0.1, -0.05) is 56.3 Å². The highest BCUT2D eigenvalue weighted by Gasteiger charge is 2.16. The van der Waals surface area contributed by atoms with Gasteiger partial charge in [0.2, 0.25) is 0 Å². The molecule has 2 aromatic carbocycles. The average molecular weight is 316 g/mol. The molecule has 22 heavy (non-hydrogen) atoms. The van der Waals surface area contributed by atoms with Crippen molar-refractivity contribution in [3.8, 4) is 0 Å². The van der Waals surface area contributed by atoms with Crippen molar-refractivity contribution in [1.29, 1.82) is 0 Å². The Morgan fingerprint density at radius 2 is 1.68 bits per heavy atom. The topological polar surface area (TPSA) is 24.1 Å². The van der Waals surface area contributed by atoms with Crippen LogP contribution in [0.15, 0.2) is 54.6 Å². The number of nitrogens with one attached hydrogen (secondary N) is 2. The summed E-state index contributed by atoms with van der Waals surface area (Å²) in [7, 11) is 0. The normalized spacial score (nSPS) is 12.0. The maximum Gasteiger partial charge on any atom is 0.167 e. The summed E-state index contributed by atoms with van der Waals surface area (Å²) >= 11 is 5.38. The molecule has 0 unspecified atom stereocenters. The smallest absolute Gasteiger partial charge is 0.167 e. The molecular formula is C18H21FN2S. The van der Waals surface area contributed by atoms with E-state index in [4.69, 9.17) is 12.2 Å². The summed E-state index contributed by atoms with van der Waals surface area (Å²) in [4.78, 5) is 0. The van der Waals surface area contributed by atoms with Crippen molar-refractivity contribution in [2.45, 2.75) is 26.4 Å². The molecule has 116 valence electrons. The van der Waals surface area contributed by atoms with E-state index in [1.54, 1.807) is 12.1 Å². The van der Waals surface area contributed by atoms with Crippen LogP contribution in [0.5, 0.6) is 0 Å². The molecule has 2 rings (SSSR count). The van der Waals surface area contributed by atoms with E-state index >= 15 is 0 Å². The van der Waals surface area contributed by atoms with Crippen LogP contribution in [0.3, 0.4) is 0 Å². The third-order valence-corrected chi connectivity index (χ3v) is 3.74. The lowest BCUT2D eigenvalue weighted by Crippen LogP contribution is -2.39. The zero-order chi connectivity index (χ0) is 15.9. The van der Waals surface area contributed by atoms with E-state index in [2.05, 4.69) is 36.6 Å². The molecule has 1 atom stereocenters. The minimum Gasteiger partial charge on any atom is -0.359 e. The second kappa shape index (κ2) is 7.90. The molecule has 0 fully saturated rings. The number of hydrogen-bond donors (Lipinski definition) is 2. The molecule has 0 aliphatic rings. The second-order valence-corrected chi connectivity index (χ2v) is 5.99. The zero-order valence-electron chi connectivity index (χ0n) is 12.8. The fourth-order valence-corrected chi connectivity index (χ4v) is 2.47. The second-order valence-electron chi connectivity index (χ2n) is 5.59. The predicted octanol–water partition coefficient (Wildman–Crippen LogP) is 4.19. The van der Waals surface area contributed by atoms with Gasteiger partial charge >= 0.3 is 0 Å². The third kappa shape index (κ3) is 4.81. The molecule has 4 heteroatoms. The van der Waals surface area contributed by atoms with Gasteiger partial charge in [-0.05, 0) is 41.4 Å². The summed E-state index contributed by atoms with van der Waals surface area (Å²) in [5, 5.41) is 7.14. The van der Waals surface area contributed by atoms with Gasteiger partial charge in [-0.2, -0.15) is 0 Å². The van der Waals surface area contributed by atoms with Crippen LogP contribution in [0, 0.1) is 11.7 Å². The average Bonchev–Trinajstić information content (AvgIpc) is 2.52. The molecule has 2 N–H and O–H groups in total. The summed E-state index contributed by atoms with van der Waals surface area (Å²) < 4.78 is 13.1. The Morgan fingerprint density at radius 1 is 1.05 bits per heavy atom. The summed E-state index contributed by atoms with van der Waals surface area (Å²) in [6.07, 6.45) is 0.